The number of hydrogen-bond acceptors (Lipinski definition) is 2. The Morgan fingerprint density at radius 3 is 2.50 bits per heavy atom. The van der Waals surface area contributed by atoms with Gasteiger partial charge in [-0.25, -0.2) is 8.78 Å². The molecule has 0 saturated heterocycles. The van der Waals surface area contributed by atoms with Crippen LogP contribution in [0.5, 0.6) is 0 Å². The number of nitrogens with one attached hydrogen (secondary N) is 1. The first-order chi connectivity index (χ1) is 9.60. The van der Waals surface area contributed by atoms with Gasteiger partial charge in [-0.1, -0.05) is 23.7 Å². The van der Waals surface area contributed by atoms with Crippen LogP contribution < -0.4 is 5.32 Å². The van der Waals surface area contributed by atoms with Gasteiger partial charge < -0.3 is 10.4 Å². The molecule has 0 aliphatic rings. The summed E-state index contributed by atoms with van der Waals surface area (Å²) in [5.41, 5.74) is 1.91. The molecule has 0 unspecified atom stereocenters. The molecule has 2 nitrogen and oxygen atoms in total. The highest BCUT2D eigenvalue weighted by molar-refractivity contribution is 6.31. The van der Waals surface area contributed by atoms with Crippen LogP contribution in [-0.4, -0.2) is 5.11 Å². The third-order valence-corrected chi connectivity index (χ3v) is 3.29. The molecular weight excluding hydrogens is 284 g/mol. The Bertz CT molecular complexity index is 604. The molecule has 106 valence electrons. The van der Waals surface area contributed by atoms with E-state index in [9.17, 15) is 8.78 Å². The lowest BCUT2D eigenvalue weighted by Gasteiger charge is -2.08. The third-order valence-electron chi connectivity index (χ3n) is 2.94. The van der Waals surface area contributed by atoms with Gasteiger partial charge >= 0.3 is 0 Å². The van der Waals surface area contributed by atoms with Crippen LogP contribution in [0.15, 0.2) is 36.4 Å². The highest BCUT2D eigenvalue weighted by Gasteiger charge is 2.04. The minimum Gasteiger partial charge on any atom is -0.392 e. The van der Waals surface area contributed by atoms with E-state index < -0.39 is 5.82 Å². The van der Waals surface area contributed by atoms with E-state index in [4.69, 9.17) is 16.7 Å². The molecule has 20 heavy (non-hydrogen) atoms. The van der Waals surface area contributed by atoms with E-state index in [1.807, 2.05) is 0 Å². The molecule has 2 aromatic carbocycles. The van der Waals surface area contributed by atoms with E-state index in [-0.39, 0.29) is 18.0 Å². The molecule has 2 N–H and O–H groups in total. The minimum absolute atomic E-state index is 0.268. The predicted molar refractivity (Wildman–Crippen MR) is 74.3 cm³/mol. The van der Waals surface area contributed by atoms with Crippen LogP contribution >= 0.6 is 11.6 Å². The van der Waals surface area contributed by atoms with E-state index in [2.05, 4.69) is 5.32 Å². The highest BCUT2D eigenvalue weighted by atomic mass is 35.5. The number of hydrogen-bond donors (Lipinski definition) is 2. The molecular formula is C15H14ClF2NO. The van der Waals surface area contributed by atoms with Crippen molar-refractivity contribution in [1.82, 2.24) is 5.32 Å². The van der Waals surface area contributed by atoms with Crippen molar-refractivity contribution < 1.29 is 13.9 Å². The third kappa shape index (κ3) is 3.76. The summed E-state index contributed by atoms with van der Waals surface area (Å²) in [6.45, 7) is 0.648. The van der Waals surface area contributed by atoms with E-state index >= 15 is 0 Å². The SMILES string of the molecule is OCc1cc(CNCc2ccc(F)cc2Cl)ccc1F. The second-order valence-corrected chi connectivity index (χ2v) is 4.83. The summed E-state index contributed by atoms with van der Waals surface area (Å²) in [6, 6.07) is 8.81. The molecule has 0 bridgehead atoms. The van der Waals surface area contributed by atoms with E-state index in [1.165, 1.54) is 18.2 Å². The molecule has 0 amide bonds. The zero-order chi connectivity index (χ0) is 14.5. The largest absolute Gasteiger partial charge is 0.392 e. The highest BCUT2D eigenvalue weighted by Crippen LogP contribution is 2.17. The normalized spacial score (nSPS) is 10.8. The van der Waals surface area contributed by atoms with Crippen molar-refractivity contribution in [3.05, 3.63) is 69.7 Å². The van der Waals surface area contributed by atoms with Gasteiger partial charge in [0.1, 0.15) is 11.6 Å². The van der Waals surface area contributed by atoms with Crippen LogP contribution in [0.4, 0.5) is 8.78 Å². The van der Waals surface area contributed by atoms with Crippen LogP contribution in [0.2, 0.25) is 5.02 Å². The zero-order valence-electron chi connectivity index (χ0n) is 10.7. The van der Waals surface area contributed by atoms with Crippen molar-refractivity contribution in [2.45, 2.75) is 19.7 Å². The molecule has 0 fully saturated rings. The van der Waals surface area contributed by atoms with Gasteiger partial charge in [0.25, 0.3) is 0 Å². The van der Waals surface area contributed by atoms with Gasteiger partial charge in [-0.15, -0.1) is 0 Å². The maximum absolute atomic E-state index is 13.2. The first-order valence-corrected chi connectivity index (χ1v) is 6.50. The summed E-state index contributed by atoms with van der Waals surface area (Å²) in [4.78, 5) is 0. The van der Waals surface area contributed by atoms with Crippen LogP contribution in [0, 0.1) is 11.6 Å². The number of halogens is 3. The lowest BCUT2D eigenvalue weighted by Crippen LogP contribution is -2.13. The molecule has 0 saturated carbocycles. The van der Waals surface area contributed by atoms with Crippen molar-refractivity contribution in [2.75, 3.05) is 0 Å². The molecule has 0 heterocycles. The fraction of sp³-hybridized carbons (Fsp3) is 0.200. The fourth-order valence-corrected chi connectivity index (χ4v) is 2.10. The molecule has 5 heteroatoms. The molecule has 0 aliphatic carbocycles. The first kappa shape index (κ1) is 14.9. The summed E-state index contributed by atoms with van der Waals surface area (Å²) >= 11 is 5.92. The lowest BCUT2D eigenvalue weighted by molar-refractivity contribution is 0.275. The second-order valence-electron chi connectivity index (χ2n) is 4.42. The predicted octanol–water partition coefficient (Wildman–Crippen LogP) is 3.40. The zero-order valence-corrected chi connectivity index (χ0v) is 11.4. The maximum Gasteiger partial charge on any atom is 0.128 e. The van der Waals surface area contributed by atoms with Crippen LogP contribution in [-0.2, 0) is 19.7 Å². The summed E-state index contributed by atoms with van der Waals surface area (Å²) in [6.07, 6.45) is 0. The molecule has 0 atom stereocenters. The Kier molecular flexibility index (Phi) is 5.06. The maximum atomic E-state index is 13.2. The number of aliphatic hydroxyl groups excluding tert-OH is 1. The Balaban J connectivity index is 1.96. The van der Waals surface area contributed by atoms with Crippen molar-refractivity contribution in [2.24, 2.45) is 0 Å². The summed E-state index contributed by atoms with van der Waals surface area (Å²) in [7, 11) is 0. The monoisotopic (exact) mass is 297 g/mol. The van der Waals surface area contributed by atoms with Gasteiger partial charge in [0.05, 0.1) is 6.61 Å². The minimum atomic E-state index is -0.419. The summed E-state index contributed by atoms with van der Waals surface area (Å²) < 4.78 is 26.1. The van der Waals surface area contributed by atoms with Crippen molar-refractivity contribution >= 4 is 11.6 Å². The summed E-state index contributed by atoms with van der Waals surface area (Å²) in [5.74, 6) is -0.789. The van der Waals surface area contributed by atoms with Crippen LogP contribution in [0.25, 0.3) is 0 Å². The first-order valence-electron chi connectivity index (χ1n) is 6.13. The quantitative estimate of drug-likeness (QED) is 0.886. The number of benzene rings is 2. The topological polar surface area (TPSA) is 32.3 Å². The average molecular weight is 298 g/mol. The molecule has 0 aromatic heterocycles. The van der Waals surface area contributed by atoms with Crippen LogP contribution in [0.3, 0.4) is 0 Å². The van der Waals surface area contributed by atoms with Gasteiger partial charge in [-0.05, 0) is 35.4 Å². The molecule has 0 radical (unpaired) electrons. The van der Waals surface area contributed by atoms with Gasteiger partial charge in [0.15, 0.2) is 0 Å². The standard InChI is InChI=1S/C15H14ClF2NO/c16-14-6-13(17)3-2-11(14)8-19-7-10-1-4-15(18)12(5-10)9-20/h1-6,19-20H,7-9H2. The van der Waals surface area contributed by atoms with Crippen molar-refractivity contribution in [1.29, 1.82) is 0 Å². The van der Waals surface area contributed by atoms with E-state index in [1.54, 1.807) is 18.2 Å². The number of rotatable bonds is 5. The van der Waals surface area contributed by atoms with Crippen LogP contribution in [0.1, 0.15) is 16.7 Å². The fourth-order valence-electron chi connectivity index (χ4n) is 1.87. The average Bonchev–Trinajstić information content (AvgIpc) is 2.43. The molecule has 2 rings (SSSR count). The summed E-state index contributed by atoms with van der Waals surface area (Å²) in [5, 5.41) is 12.5. The van der Waals surface area contributed by atoms with Gasteiger partial charge in [-0.3, -0.25) is 0 Å². The number of aliphatic hydroxyl groups is 1. The lowest BCUT2D eigenvalue weighted by atomic mass is 10.1. The van der Waals surface area contributed by atoms with Crippen molar-refractivity contribution in [3.8, 4) is 0 Å². The van der Waals surface area contributed by atoms with Gasteiger partial charge in [0.2, 0.25) is 0 Å². The van der Waals surface area contributed by atoms with Gasteiger partial charge in [0, 0.05) is 23.7 Å². The van der Waals surface area contributed by atoms with Crippen molar-refractivity contribution in [3.63, 3.8) is 0 Å². The Morgan fingerprint density at radius 1 is 1.00 bits per heavy atom. The molecule has 2 aromatic rings. The van der Waals surface area contributed by atoms with E-state index in [0.29, 0.717) is 18.1 Å². The molecule has 0 spiro atoms. The second kappa shape index (κ2) is 6.79. The van der Waals surface area contributed by atoms with Gasteiger partial charge in [-0.2, -0.15) is 0 Å². The smallest absolute Gasteiger partial charge is 0.128 e. The molecule has 0 aliphatic heterocycles. The Labute approximate surface area is 121 Å². The Morgan fingerprint density at radius 2 is 1.80 bits per heavy atom. The van der Waals surface area contributed by atoms with E-state index in [0.717, 1.165) is 11.1 Å². The Hall–Kier alpha value is -1.49.